The van der Waals surface area contributed by atoms with Gasteiger partial charge in [-0.15, -0.1) is 0 Å². The van der Waals surface area contributed by atoms with Crippen LogP contribution in [-0.4, -0.2) is 0 Å². The maximum atomic E-state index is 5.33. The van der Waals surface area contributed by atoms with E-state index >= 15 is 0 Å². The Labute approximate surface area is 129 Å². The minimum atomic E-state index is 1.05. The van der Waals surface area contributed by atoms with E-state index in [1.54, 1.807) is 12.5 Å². The van der Waals surface area contributed by atoms with Gasteiger partial charge in [-0.2, -0.15) is 0 Å². The van der Waals surface area contributed by atoms with Gasteiger partial charge in [0.2, 0.25) is 0 Å². The summed E-state index contributed by atoms with van der Waals surface area (Å²) in [7, 11) is 0. The summed E-state index contributed by atoms with van der Waals surface area (Å²) >= 11 is 6.86. The molecule has 0 saturated heterocycles. The topological polar surface area (TPSA) is 9.23 Å². The van der Waals surface area contributed by atoms with Crippen molar-refractivity contribution < 1.29 is 4.74 Å². The highest BCUT2D eigenvalue weighted by atomic mass is 79.9. The summed E-state index contributed by atoms with van der Waals surface area (Å²) in [5.41, 5.74) is 2.18. The average molecular weight is 380 g/mol. The van der Waals surface area contributed by atoms with Crippen LogP contribution in [0.4, 0.5) is 0 Å². The first-order valence-corrected chi connectivity index (χ1v) is 7.32. The van der Waals surface area contributed by atoms with E-state index in [-0.39, 0.29) is 0 Å². The van der Waals surface area contributed by atoms with E-state index < -0.39 is 0 Å². The van der Waals surface area contributed by atoms with Gasteiger partial charge in [0.05, 0.1) is 12.5 Å². The number of benzene rings is 2. The Morgan fingerprint density at radius 3 is 1.63 bits per heavy atom. The predicted molar refractivity (Wildman–Crippen MR) is 87.4 cm³/mol. The molecule has 0 fully saturated rings. The number of halogens is 2. The molecule has 2 aromatic carbocycles. The van der Waals surface area contributed by atoms with E-state index in [9.17, 15) is 0 Å². The molecule has 0 heterocycles. The molecular formula is C16H12Br2O. The van der Waals surface area contributed by atoms with Crippen molar-refractivity contribution in [1.29, 1.82) is 0 Å². The third-order valence-electron chi connectivity index (χ3n) is 2.38. The first-order valence-electron chi connectivity index (χ1n) is 5.74. The second-order valence-corrected chi connectivity index (χ2v) is 5.68. The van der Waals surface area contributed by atoms with E-state index in [1.165, 1.54) is 0 Å². The van der Waals surface area contributed by atoms with Gasteiger partial charge in [0.1, 0.15) is 0 Å². The Kier molecular flexibility index (Phi) is 5.43. The fourth-order valence-corrected chi connectivity index (χ4v) is 2.34. The molecule has 0 spiro atoms. The minimum absolute atomic E-state index is 1.05. The van der Waals surface area contributed by atoms with E-state index in [0.29, 0.717) is 0 Å². The molecule has 2 rings (SSSR count). The Hall–Kier alpha value is -1.32. The lowest BCUT2D eigenvalue weighted by Crippen LogP contribution is -1.73. The summed E-state index contributed by atoms with van der Waals surface area (Å²) in [6, 6.07) is 16.0. The van der Waals surface area contributed by atoms with Gasteiger partial charge in [-0.05, 0) is 47.5 Å². The lowest BCUT2D eigenvalue weighted by Gasteiger charge is -1.95. The summed E-state index contributed by atoms with van der Waals surface area (Å²) in [6.07, 6.45) is 7.15. The highest BCUT2D eigenvalue weighted by Gasteiger charge is 1.89. The molecule has 0 N–H and O–H groups in total. The average Bonchev–Trinajstić information content (AvgIpc) is 2.38. The maximum absolute atomic E-state index is 5.33. The standard InChI is InChI=1S/C16H12Br2O/c17-15-5-1-3-13(11-15)7-9-19-10-8-14-4-2-6-16(18)12-14/h1-12H. The SMILES string of the molecule is Brc1cccc(C=COC=Cc2cccc(Br)c2)c1. The molecule has 0 radical (unpaired) electrons. The molecule has 96 valence electrons. The van der Waals surface area contributed by atoms with E-state index in [2.05, 4.69) is 31.9 Å². The fourth-order valence-electron chi connectivity index (χ4n) is 1.50. The smallest absolute Gasteiger partial charge is 0.0907 e. The monoisotopic (exact) mass is 378 g/mol. The van der Waals surface area contributed by atoms with Gasteiger partial charge in [-0.1, -0.05) is 56.1 Å². The highest BCUT2D eigenvalue weighted by molar-refractivity contribution is 9.10. The van der Waals surface area contributed by atoms with Crippen molar-refractivity contribution in [3.63, 3.8) is 0 Å². The van der Waals surface area contributed by atoms with E-state index in [1.807, 2.05) is 60.7 Å². The van der Waals surface area contributed by atoms with E-state index in [0.717, 1.165) is 20.1 Å². The molecule has 1 nitrogen and oxygen atoms in total. The Balaban J connectivity index is 1.90. The zero-order valence-electron chi connectivity index (χ0n) is 10.1. The molecule has 2 aromatic rings. The second kappa shape index (κ2) is 7.31. The van der Waals surface area contributed by atoms with Crippen LogP contribution in [0.25, 0.3) is 12.2 Å². The third-order valence-corrected chi connectivity index (χ3v) is 3.36. The minimum Gasteiger partial charge on any atom is -0.473 e. The third kappa shape index (κ3) is 5.05. The van der Waals surface area contributed by atoms with Crippen molar-refractivity contribution in [1.82, 2.24) is 0 Å². The van der Waals surface area contributed by atoms with Gasteiger partial charge in [-0.25, -0.2) is 0 Å². The Morgan fingerprint density at radius 1 is 0.737 bits per heavy atom. The largest absolute Gasteiger partial charge is 0.473 e. The van der Waals surface area contributed by atoms with Gasteiger partial charge < -0.3 is 4.74 Å². The molecule has 0 saturated carbocycles. The van der Waals surface area contributed by atoms with Crippen molar-refractivity contribution >= 4 is 44.0 Å². The molecule has 0 aromatic heterocycles. The molecule has 0 amide bonds. The van der Waals surface area contributed by atoms with Crippen molar-refractivity contribution in [2.75, 3.05) is 0 Å². The normalized spacial score (nSPS) is 11.3. The molecule has 0 bridgehead atoms. The first kappa shape index (κ1) is 14.1. The van der Waals surface area contributed by atoms with Gasteiger partial charge in [-0.3, -0.25) is 0 Å². The van der Waals surface area contributed by atoms with Crippen molar-refractivity contribution in [3.05, 3.63) is 81.1 Å². The molecule has 19 heavy (non-hydrogen) atoms. The lowest BCUT2D eigenvalue weighted by atomic mass is 10.2. The summed E-state index contributed by atoms with van der Waals surface area (Å²) in [6.45, 7) is 0. The lowest BCUT2D eigenvalue weighted by molar-refractivity contribution is 0.410. The Morgan fingerprint density at radius 2 is 1.21 bits per heavy atom. The molecule has 0 aliphatic carbocycles. The summed E-state index contributed by atoms with van der Waals surface area (Å²) in [4.78, 5) is 0. The number of rotatable bonds is 4. The quantitative estimate of drug-likeness (QED) is 0.603. The van der Waals surface area contributed by atoms with Crippen LogP contribution < -0.4 is 0 Å². The molecule has 0 aliphatic heterocycles. The van der Waals surface area contributed by atoms with Crippen molar-refractivity contribution in [3.8, 4) is 0 Å². The van der Waals surface area contributed by atoms with Gasteiger partial charge in [0.15, 0.2) is 0 Å². The van der Waals surface area contributed by atoms with E-state index in [4.69, 9.17) is 4.74 Å². The fraction of sp³-hybridized carbons (Fsp3) is 0. The molecular weight excluding hydrogens is 368 g/mol. The number of hydrogen-bond donors (Lipinski definition) is 0. The van der Waals surface area contributed by atoms with Crippen molar-refractivity contribution in [2.45, 2.75) is 0 Å². The van der Waals surface area contributed by atoms with Crippen LogP contribution in [0, 0.1) is 0 Å². The molecule has 0 unspecified atom stereocenters. The van der Waals surface area contributed by atoms with Crippen LogP contribution in [0.2, 0.25) is 0 Å². The summed E-state index contributed by atoms with van der Waals surface area (Å²) < 4.78 is 7.44. The maximum Gasteiger partial charge on any atom is 0.0907 e. The molecule has 0 atom stereocenters. The highest BCUT2D eigenvalue weighted by Crippen LogP contribution is 2.14. The Bertz CT molecular complexity index is 550. The zero-order valence-corrected chi connectivity index (χ0v) is 13.3. The van der Waals surface area contributed by atoms with Crippen LogP contribution in [-0.2, 0) is 4.74 Å². The van der Waals surface area contributed by atoms with Crippen LogP contribution >= 0.6 is 31.9 Å². The zero-order chi connectivity index (χ0) is 13.5. The summed E-state index contributed by atoms with van der Waals surface area (Å²) in [5, 5.41) is 0. The first-order chi connectivity index (χ1) is 9.24. The van der Waals surface area contributed by atoms with Crippen LogP contribution in [0.5, 0.6) is 0 Å². The van der Waals surface area contributed by atoms with Gasteiger partial charge in [0, 0.05) is 8.95 Å². The van der Waals surface area contributed by atoms with Crippen molar-refractivity contribution in [2.24, 2.45) is 0 Å². The predicted octanol–water partition coefficient (Wildman–Crippen LogP) is 5.87. The van der Waals surface area contributed by atoms with Crippen LogP contribution in [0.15, 0.2) is 70.0 Å². The van der Waals surface area contributed by atoms with Gasteiger partial charge >= 0.3 is 0 Å². The second-order valence-electron chi connectivity index (χ2n) is 3.85. The number of hydrogen-bond acceptors (Lipinski definition) is 1. The van der Waals surface area contributed by atoms with Gasteiger partial charge in [0.25, 0.3) is 0 Å². The molecule has 0 aliphatic rings. The van der Waals surface area contributed by atoms with Crippen LogP contribution in [0.3, 0.4) is 0 Å². The number of ether oxygens (including phenoxy) is 1. The molecule has 3 heteroatoms. The summed E-state index contributed by atoms with van der Waals surface area (Å²) in [5.74, 6) is 0. The van der Waals surface area contributed by atoms with Crippen LogP contribution in [0.1, 0.15) is 11.1 Å².